The third-order valence-electron chi connectivity index (χ3n) is 4.79. The lowest BCUT2D eigenvalue weighted by molar-refractivity contribution is -0.108. The number of halogens is 2. The van der Waals surface area contributed by atoms with E-state index in [1.165, 1.54) is 0 Å². The minimum atomic E-state index is -0.261. The average Bonchev–Trinajstić information content (AvgIpc) is 2.86. The molecule has 0 radical (unpaired) electrons. The Balaban J connectivity index is 2.05. The van der Waals surface area contributed by atoms with E-state index in [2.05, 4.69) is 0 Å². The molecule has 4 nitrogen and oxygen atoms in total. The number of aldehydes is 1. The van der Waals surface area contributed by atoms with Crippen molar-refractivity contribution < 1.29 is 14.3 Å². The van der Waals surface area contributed by atoms with Crippen molar-refractivity contribution in [2.75, 3.05) is 7.05 Å². The molecule has 2 aromatic rings. The number of hydrogen-bond donors (Lipinski definition) is 0. The van der Waals surface area contributed by atoms with Gasteiger partial charge in [-0.2, -0.15) is 0 Å². The van der Waals surface area contributed by atoms with Crippen molar-refractivity contribution in [2.24, 2.45) is 0 Å². The molecule has 0 bridgehead atoms. The molecule has 0 N–H and O–H groups in total. The zero-order chi connectivity index (χ0) is 19.7. The van der Waals surface area contributed by atoms with Gasteiger partial charge in [-0.05, 0) is 49.2 Å². The Morgan fingerprint density at radius 2 is 1.89 bits per heavy atom. The van der Waals surface area contributed by atoms with Gasteiger partial charge in [-0.3, -0.25) is 4.79 Å². The molecule has 0 fully saturated rings. The van der Waals surface area contributed by atoms with E-state index in [9.17, 15) is 9.59 Å². The van der Waals surface area contributed by atoms with Crippen LogP contribution in [0.2, 0.25) is 10.0 Å². The van der Waals surface area contributed by atoms with Crippen molar-refractivity contribution in [3.05, 3.63) is 63.1 Å². The van der Waals surface area contributed by atoms with Crippen molar-refractivity contribution >= 4 is 35.4 Å². The van der Waals surface area contributed by atoms with E-state index in [1.807, 2.05) is 32.0 Å². The number of hydrogen-bond acceptors (Lipinski definition) is 3. The molecule has 3 rings (SSSR count). The summed E-state index contributed by atoms with van der Waals surface area (Å²) in [5.41, 5.74) is 2.37. The molecule has 0 aromatic heterocycles. The van der Waals surface area contributed by atoms with Crippen LogP contribution in [0.1, 0.15) is 53.7 Å². The van der Waals surface area contributed by atoms with Crippen molar-refractivity contribution in [2.45, 2.75) is 38.3 Å². The van der Waals surface area contributed by atoms with E-state index in [-0.39, 0.29) is 30.4 Å². The topological polar surface area (TPSA) is 46.6 Å². The Bertz CT molecular complexity index is 882. The van der Waals surface area contributed by atoms with Gasteiger partial charge in [-0.15, -0.1) is 0 Å². The number of benzene rings is 2. The van der Waals surface area contributed by atoms with Gasteiger partial charge >= 0.3 is 0 Å². The number of rotatable bonds is 6. The first-order valence-corrected chi connectivity index (χ1v) is 9.55. The lowest BCUT2D eigenvalue weighted by Gasteiger charge is -2.29. The van der Waals surface area contributed by atoms with Crippen LogP contribution in [0.25, 0.3) is 0 Å². The molecule has 6 heteroatoms. The second-order valence-electron chi connectivity index (χ2n) is 6.96. The smallest absolute Gasteiger partial charge is 0.254 e. The Hall–Kier alpha value is -2.04. The van der Waals surface area contributed by atoms with E-state index in [4.69, 9.17) is 27.9 Å². The van der Waals surface area contributed by atoms with E-state index < -0.39 is 0 Å². The van der Waals surface area contributed by atoms with Crippen LogP contribution >= 0.6 is 23.2 Å². The van der Waals surface area contributed by atoms with Gasteiger partial charge in [0, 0.05) is 24.9 Å². The van der Waals surface area contributed by atoms with Crippen LogP contribution in [0, 0.1) is 0 Å². The maximum absolute atomic E-state index is 12.8. The fourth-order valence-electron chi connectivity index (χ4n) is 3.63. The first-order chi connectivity index (χ1) is 12.8. The number of likely N-dealkylation sites (N-methyl/N-ethyl adjacent to an activating group) is 1. The van der Waals surface area contributed by atoms with Crippen molar-refractivity contribution in [1.82, 2.24) is 4.90 Å². The SMILES string of the molecule is CC(C)Oc1ccc2c(c1)C(=O)N(C)C2C(CC=O)c1ccc(Cl)c(Cl)c1. The van der Waals surface area contributed by atoms with Crippen LogP contribution in [0.5, 0.6) is 5.75 Å². The largest absolute Gasteiger partial charge is 0.491 e. The standard InChI is InChI=1S/C21H21Cl2NO3/c1-12(2)27-14-5-6-16-17(11-14)21(26)24(3)20(16)15(8-9-25)13-4-7-18(22)19(23)10-13/h4-7,9-12,15,20H,8H2,1-3H3. The lowest BCUT2D eigenvalue weighted by Crippen LogP contribution is -2.28. The highest BCUT2D eigenvalue weighted by Gasteiger charge is 2.40. The zero-order valence-electron chi connectivity index (χ0n) is 15.4. The summed E-state index contributed by atoms with van der Waals surface area (Å²) in [7, 11) is 1.76. The maximum Gasteiger partial charge on any atom is 0.254 e. The molecule has 0 saturated carbocycles. The number of fused-ring (bicyclic) bond motifs is 1. The van der Waals surface area contributed by atoms with Crippen molar-refractivity contribution in [1.29, 1.82) is 0 Å². The predicted molar refractivity (Wildman–Crippen MR) is 107 cm³/mol. The number of nitrogens with zero attached hydrogens (tertiary/aromatic N) is 1. The Labute approximate surface area is 169 Å². The molecule has 2 unspecified atom stereocenters. The average molecular weight is 406 g/mol. The zero-order valence-corrected chi connectivity index (χ0v) is 16.9. The van der Waals surface area contributed by atoms with Gasteiger partial charge in [0.1, 0.15) is 12.0 Å². The van der Waals surface area contributed by atoms with E-state index in [1.54, 1.807) is 30.1 Å². The monoisotopic (exact) mass is 405 g/mol. The van der Waals surface area contributed by atoms with Crippen LogP contribution < -0.4 is 4.74 Å². The highest BCUT2D eigenvalue weighted by Crippen LogP contribution is 2.45. The lowest BCUT2D eigenvalue weighted by atomic mass is 9.85. The second-order valence-corrected chi connectivity index (χ2v) is 7.77. The summed E-state index contributed by atoms with van der Waals surface area (Å²) in [6.45, 7) is 3.88. The third kappa shape index (κ3) is 3.83. The summed E-state index contributed by atoms with van der Waals surface area (Å²) >= 11 is 12.2. The molecule has 2 aromatic carbocycles. The van der Waals surface area contributed by atoms with Gasteiger partial charge in [-0.25, -0.2) is 0 Å². The van der Waals surface area contributed by atoms with Gasteiger partial charge in [0.05, 0.1) is 22.2 Å². The van der Waals surface area contributed by atoms with Crippen molar-refractivity contribution in [3.8, 4) is 5.75 Å². The van der Waals surface area contributed by atoms with Crippen LogP contribution in [0.3, 0.4) is 0 Å². The molecule has 0 saturated heterocycles. The molecule has 1 amide bonds. The van der Waals surface area contributed by atoms with Crippen LogP contribution in [0.4, 0.5) is 0 Å². The number of carbonyl (C=O) groups is 2. The molecular weight excluding hydrogens is 385 g/mol. The molecule has 1 heterocycles. The Morgan fingerprint density at radius 3 is 2.52 bits per heavy atom. The highest BCUT2D eigenvalue weighted by atomic mass is 35.5. The summed E-state index contributed by atoms with van der Waals surface area (Å²) in [4.78, 5) is 25.9. The fraction of sp³-hybridized carbons (Fsp3) is 0.333. The van der Waals surface area contributed by atoms with Crippen LogP contribution in [-0.4, -0.2) is 30.2 Å². The van der Waals surface area contributed by atoms with Crippen molar-refractivity contribution in [3.63, 3.8) is 0 Å². The molecule has 1 aliphatic heterocycles. The summed E-state index contributed by atoms with van der Waals surface area (Å²) in [6.07, 6.45) is 1.16. The maximum atomic E-state index is 12.8. The Morgan fingerprint density at radius 1 is 1.15 bits per heavy atom. The van der Waals surface area contributed by atoms with E-state index in [0.29, 0.717) is 21.4 Å². The summed E-state index contributed by atoms with van der Waals surface area (Å²) < 4.78 is 5.72. The van der Waals surface area contributed by atoms with E-state index >= 15 is 0 Å². The number of carbonyl (C=O) groups excluding carboxylic acids is 2. The van der Waals surface area contributed by atoms with E-state index in [0.717, 1.165) is 17.4 Å². The quantitative estimate of drug-likeness (QED) is 0.614. The minimum Gasteiger partial charge on any atom is -0.491 e. The Kier molecular flexibility index (Phi) is 5.78. The molecule has 0 spiro atoms. The first kappa shape index (κ1) is 19.7. The van der Waals surface area contributed by atoms with Gasteiger partial charge < -0.3 is 14.4 Å². The number of ether oxygens (including phenoxy) is 1. The highest BCUT2D eigenvalue weighted by molar-refractivity contribution is 6.42. The first-order valence-electron chi connectivity index (χ1n) is 8.79. The summed E-state index contributed by atoms with van der Waals surface area (Å²) in [5, 5.41) is 0.884. The molecule has 0 aliphatic carbocycles. The van der Waals surface area contributed by atoms with Gasteiger partial charge in [-0.1, -0.05) is 35.3 Å². The molecule has 1 aliphatic rings. The summed E-state index contributed by atoms with van der Waals surface area (Å²) in [6, 6.07) is 10.6. The summed E-state index contributed by atoms with van der Waals surface area (Å²) in [5.74, 6) is 0.358. The van der Waals surface area contributed by atoms with Crippen LogP contribution in [-0.2, 0) is 4.79 Å². The number of amides is 1. The molecule has 142 valence electrons. The normalized spacial score (nSPS) is 17.2. The van der Waals surface area contributed by atoms with Gasteiger partial charge in [0.2, 0.25) is 0 Å². The second kappa shape index (κ2) is 7.91. The van der Waals surface area contributed by atoms with Gasteiger partial charge in [0.15, 0.2) is 0 Å². The molecule has 27 heavy (non-hydrogen) atoms. The molecule has 2 atom stereocenters. The third-order valence-corrected chi connectivity index (χ3v) is 5.53. The minimum absolute atomic E-state index is 0.0205. The fourth-order valence-corrected chi connectivity index (χ4v) is 3.94. The van der Waals surface area contributed by atoms with Gasteiger partial charge in [0.25, 0.3) is 5.91 Å². The predicted octanol–water partition coefficient (Wildman–Crippen LogP) is 5.28. The van der Waals surface area contributed by atoms with Crippen LogP contribution in [0.15, 0.2) is 36.4 Å². The molecular formula is C21H21Cl2NO3.